The fraction of sp³-hybridized carbons (Fsp3) is 0.250. The van der Waals surface area contributed by atoms with Gasteiger partial charge in [0.2, 0.25) is 0 Å². The molecular formula is C20H21N3O. The number of nitrogens with one attached hydrogen (secondary N) is 1. The molecule has 1 heterocycles. The van der Waals surface area contributed by atoms with Gasteiger partial charge in [0.05, 0.1) is 0 Å². The zero-order valence-corrected chi connectivity index (χ0v) is 13.8. The molecule has 0 bridgehead atoms. The topological polar surface area (TPSA) is 63.5 Å². The standard InChI is InChI=1S/C20H21N3O/c1-22-20(21)23-15-9-10-16-13(11-15)6-4-7-17(16)19-12-14-5-2-3-8-18(14)24-19/h2-8,12,15H,9-11H2,1H3,(H3,21,22,23). The molecule has 4 heteroatoms. The van der Waals surface area contributed by atoms with Crippen molar-refractivity contribution in [3.05, 3.63) is 59.7 Å². The maximum atomic E-state index is 6.07. The molecule has 0 saturated heterocycles. The maximum Gasteiger partial charge on any atom is 0.188 e. The van der Waals surface area contributed by atoms with Crippen molar-refractivity contribution in [1.29, 1.82) is 0 Å². The van der Waals surface area contributed by atoms with Crippen LogP contribution in [0.15, 0.2) is 57.9 Å². The van der Waals surface area contributed by atoms with E-state index in [1.165, 1.54) is 16.7 Å². The van der Waals surface area contributed by atoms with E-state index in [1.54, 1.807) is 7.05 Å². The van der Waals surface area contributed by atoms with Crippen LogP contribution in [0.1, 0.15) is 17.5 Å². The number of aliphatic imine (C=N–C) groups is 1. The first-order valence-electron chi connectivity index (χ1n) is 8.33. The van der Waals surface area contributed by atoms with Gasteiger partial charge in [-0.2, -0.15) is 0 Å². The molecule has 0 amide bonds. The van der Waals surface area contributed by atoms with Gasteiger partial charge in [-0.1, -0.05) is 36.4 Å². The first-order valence-corrected chi connectivity index (χ1v) is 8.33. The zero-order valence-electron chi connectivity index (χ0n) is 13.8. The first-order chi connectivity index (χ1) is 11.7. The summed E-state index contributed by atoms with van der Waals surface area (Å²) in [5.41, 5.74) is 10.7. The van der Waals surface area contributed by atoms with E-state index in [4.69, 9.17) is 10.2 Å². The molecule has 1 aliphatic carbocycles. The molecule has 2 aromatic carbocycles. The van der Waals surface area contributed by atoms with E-state index >= 15 is 0 Å². The van der Waals surface area contributed by atoms with E-state index in [-0.39, 0.29) is 0 Å². The lowest BCUT2D eigenvalue weighted by molar-refractivity contribution is 0.526. The van der Waals surface area contributed by atoms with E-state index in [0.29, 0.717) is 12.0 Å². The molecule has 0 aliphatic heterocycles. The predicted molar refractivity (Wildman–Crippen MR) is 98.1 cm³/mol. The minimum atomic E-state index is 0.340. The Balaban J connectivity index is 1.68. The summed E-state index contributed by atoms with van der Waals surface area (Å²) in [6.07, 6.45) is 3.01. The number of hydrogen-bond donors (Lipinski definition) is 2. The largest absolute Gasteiger partial charge is 0.456 e. The Labute approximate surface area is 141 Å². The molecule has 0 fully saturated rings. The van der Waals surface area contributed by atoms with Crippen molar-refractivity contribution in [3.8, 4) is 11.3 Å². The zero-order chi connectivity index (χ0) is 16.5. The Hall–Kier alpha value is -2.75. The summed E-state index contributed by atoms with van der Waals surface area (Å²) < 4.78 is 6.07. The molecular weight excluding hydrogens is 298 g/mol. The monoisotopic (exact) mass is 319 g/mol. The SMILES string of the molecule is CN=C(N)NC1CCc2c(cccc2-c2cc3ccccc3o2)C1. The summed E-state index contributed by atoms with van der Waals surface area (Å²) >= 11 is 0. The van der Waals surface area contributed by atoms with Crippen LogP contribution < -0.4 is 11.1 Å². The van der Waals surface area contributed by atoms with Crippen LogP contribution in [-0.4, -0.2) is 19.0 Å². The highest BCUT2D eigenvalue weighted by atomic mass is 16.3. The van der Waals surface area contributed by atoms with Crippen LogP contribution in [0, 0.1) is 0 Å². The second kappa shape index (κ2) is 6.04. The molecule has 3 N–H and O–H groups in total. The Bertz CT molecular complexity index is 877. The van der Waals surface area contributed by atoms with Gasteiger partial charge in [-0.3, -0.25) is 4.99 Å². The summed E-state index contributed by atoms with van der Waals surface area (Å²) in [6, 6.07) is 17.1. The summed E-state index contributed by atoms with van der Waals surface area (Å²) in [5, 5.41) is 4.44. The van der Waals surface area contributed by atoms with Crippen LogP contribution >= 0.6 is 0 Å². The highest BCUT2D eigenvalue weighted by molar-refractivity contribution is 5.83. The minimum absolute atomic E-state index is 0.340. The second-order valence-electron chi connectivity index (χ2n) is 6.28. The lowest BCUT2D eigenvalue weighted by Gasteiger charge is -2.27. The molecule has 1 aromatic heterocycles. The molecule has 1 atom stereocenters. The fourth-order valence-electron chi connectivity index (χ4n) is 3.55. The number of benzene rings is 2. The van der Waals surface area contributed by atoms with E-state index in [1.807, 2.05) is 18.2 Å². The Kier molecular flexibility index (Phi) is 3.73. The smallest absolute Gasteiger partial charge is 0.188 e. The molecule has 4 rings (SSSR count). The number of guanidine groups is 1. The predicted octanol–water partition coefficient (Wildman–Crippen LogP) is 3.49. The number of furan rings is 1. The van der Waals surface area contributed by atoms with Gasteiger partial charge in [0, 0.05) is 24.0 Å². The molecule has 1 unspecified atom stereocenters. The first kappa shape index (κ1) is 14.8. The van der Waals surface area contributed by atoms with E-state index in [2.05, 4.69) is 40.6 Å². The highest BCUT2D eigenvalue weighted by Crippen LogP contribution is 2.34. The summed E-state index contributed by atoms with van der Waals surface area (Å²) in [5.74, 6) is 1.46. The van der Waals surface area contributed by atoms with Crippen molar-refractivity contribution in [1.82, 2.24) is 5.32 Å². The second-order valence-corrected chi connectivity index (χ2v) is 6.28. The van der Waals surface area contributed by atoms with Crippen LogP contribution in [0.25, 0.3) is 22.3 Å². The van der Waals surface area contributed by atoms with Crippen LogP contribution in [0.2, 0.25) is 0 Å². The van der Waals surface area contributed by atoms with Crippen molar-refractivity contribution >= 4 is 16.9 Å². The van der Waals surface area contributed by atoms with Crippen molar-refractivity contribution in [2.45, 2.75) is 25.3 Å². The third kappa shape index (κ3) is 2.64. The number of hydrogen-bond acceptors (Lipinski definition) is 2. The van der Waals surface area contributed by atoms with Crippen LogP contribution in [-0.2, 0) is 12.8 Å². The van der Waals surface area contributed by atoms with Crippen LogP contribution in [0.4, 0.5) is 0 Å². The van der Waals surface area contributed by atoms with Gasteiger partial charge in [-0.25, -0.2) is 0 Å². The van der Waals surface area contributed by atoms with E-state index in [0.717, 1.165) is 36.0 Å². The molecule has 4 nitrogen and oxygen atoms in total. The third-order valence-corrected chi connectivity index (χ3v) is 4.77. The average Bonchev–Trinajstić information content (AvgIpc) is 3.04. The van der Waals surface area contributed by atoms with Gasteiger partial charge in [-0.05, 0) is 42.5 Å². The number of nitrogens with zero attached hydrogens (tertiary/aromatic N) is 1. The number of rotatable bonds is 2. The van der Waals surface area contributed by atoms with Crippen LogP contribution in [0.3, 0.4) is 0 Å². The summed E-state index contributed by atoms with van der Waals surface area (Å²) in [6.45, 7) is 0. The quantitative estimate of drug-likeness (QED) is 0.561. The number of para-hydroxylation sites is 1. The van der Waals surface area contributed by atoms with Gasteiger partial charge < -0.3 is 15.5 Å². The molecule has 122 valence electrons. The van der Waals surface area contributed by atoms with Crippen molar-refractivity contribution in [2.75, 3.05) is 7.05 Å². The normalized spacial score (nSPS) is 17.7. The fourth-order valence-corrected chi connectivity index (χ4v) is 3.55. The molecule has 0 saturated carbocycles. The Morgan fingerprint density at radius 2 is 2.08 bits per heavy atom. The van der Waals surface area contributed by atoms with Gasteiger partial charge in [0.25, 0.3) is 0 Å². The summed E-state index contributed by atoms with van der Waals surface area (Å²) in [4.78, 5) is 4.00. The van der Waals surface area contributed by atoms with Gasteiger partial charge in [0.1, 0.15) is 11.3 Å². The highest BCUT2D eigenvalue weighted by Gasteiger charge is 2.22. The lowest BCUT2D eigenvalue weighted by atomic mass is 9.85. The molecule has 3 aromatic rings. The molecule has 0 spiro atoms. The Morgan fingerprint density at radius 3 is 2.92 bits per heavy atom. The number of nitrogens with two attached hydrogens (primary N) is 1. The third-order valence-electron chi connectivity index (χ3n) is 4.77. The van der Waals surface area contributed by atoms with Gasteiger partial charge in [0.15, 0.2) is 5.96 Å². The molecule has 0 radical (unpaired) electrons. The van der Waals surface area contributed by atoms with Crippen molar-refractivity contribution in [3.63, 3.8) is 0 Å². The molecule has 24 heavy (non-hydrogen) atoms. The average molecular weight is 319 g/mol. The Morgan fingerprint density at radius 1 is 1.21 bits per heavy atom. The van der Waals surface area contributed by atoms with Crippen molar-refractivity contribution in [2.24, 2.45) is 10.7 Å². The maximum absolute atomic E-state index is 6.07. The van der Waals surface area contributed by atoms with E-state index in [9.17, 15) is 0 Å². The van der Waals surface area contributed by atoms with Crippen LogP contribution in [0.5, 0.6) is 0 Å². The van der Waals surface area contributed by atoms with Gasteiger partial charge in [-0.15, -0.1) is 0 Å². The van der Waals surface area contributed by atoms with E-state index < -0.39 is 0 Å². The number of fused-ring (bicyclic) bond motifs is 2. The lowest BCUT2D eigenvalue weighted by Crippen LogP contribution is -2.42. The minimum Gasteiger partial charge on any atom is -0.456 e. The molecule has 1 aliphatic rings. The summed E-state index contributed by atoms with van der Waals surface area (Å²) in [7, 11) is 1.71. The van der Waals surface area contributed by atoms with Crippen molar-refractivity contribution < 1.29 is 4.42 Å². The van der Waals surface area contributed by atoms with Gasteiger partial charge >= 0.3 is 0 Å².